The predicted octanol–water partition coefficient (Wildman–Crippen LogP) is 5.27. The Morgan fingerprint density at radius 3 is 2.31 bits per heavy atom. The number of hydrogen-bond donors (Lipinski definition) is 1. The molecule has 226 valence electrons. The molecule has 0 aliphatic rings. The fraction of sp³-hybridized carbons (Fsp3) is 0.355. The average molecular weight is 616 g/mol. The van der Waals surface area contributed by atoms with Crippen molar-refractivity contribution in [3.63, 3.8) is 0 Å². The van der Waals surface area contributed by atoms with E-state index >= 15 is 0 Å². The molecule has 9 nitrogen and oxygen atoms in total. The van der Waals surface area contributed by atoms with E-state index in [2.05, 4.69) is 5.32 Å². The molecule has 0 radical (unpaired) electrons. The molecule has 3 rings (SSSR count). The van der Waals surface area contributed by atoms with Crippen molar-refractivity contribution in [2.45, 2.75) is 57.6 Å². The molecular formula is C31H38ClN3O6S. The molecule has 0 unspecified atom stereocenters. The maximum absolute atomic E-state index is 14.1. The number of nitrogens with zero attached hydrogens (tertiary/aromatic N) is 2. The molecule has 0 aliphatic carbocycles. The standard InChI is InChI=1S/C31H38ClN3O6S/c1-6-22(3)33-31(37)23(4)34(20-24-11-10-12-26(19-24)40-5)30(36)21-35(28-13-8-9-14-29(28)41-7-2)42(38,39)27-17-15-25(32)16-18-27/h8-19,22-23H,6-7,20-21H2,1-5H3,(H,33,37)/t22-,23+/m0/s1. The average Bonchev–Trinajstić information content (AvgIpc) is 2.98. The molecule has 0 spiro atoms. The molecule has 3 aromatic carbocycles. The summed E-state index contributed by atoms with van der Waals surface area (Å²) in [5.74, 6) is -0.0303. The third-order valence-corrected chi connectivity index (χ3v) is 8.80. The first-order chi connectivity index (χ1) is 20.0. The Kier molecular flexibility index (Phi) is 11.6. The lowest BCUT2D eigenvalue weighted by Crippen LogP contribution is -2.52. The van der Waals surface area contributed by atoms with Gasteiger partial charge in [-0.05, 0) is 81.3 Å². The van der Waals surface area contributed by atoms with E-state index in [4.69, 9.17) is 21.1 Å². The second-order valence-electron chi connectivity index (χ2n) is 9.73. The quantitative estimate of drug-likeness (QED) is 0.265. The zero-order chi connectivity index (χ0) is 30.9. The number of carbonyl (C=O) groups is 2. The minimum absolute atomic E-state index is 0.0482. The van der Waals surface area contributed by atoms with Gasteiger partial charge in [-0.15, -0.1) is 0 Å². The van der Waals surface area contributed by atoms with Gasteiger partial charge in [0.25, 0.3) is 10.0 Å². The van der Waals surface area contributed by atoms with Crippen molar-refractivity contribution in [2.75, 3.05) is 24.6 Å². The van der Waals surface area contributed by atoms with Crippen LogP contribution in [-0.4, -0.2) is 57.5 Å². The Balaban J connectivity index is 2.08. The van der Waals surface area contributed by atoms with Crippen LogP contribution in [-0.2, 0) is 26.2 Å². The summed E-state index contributed by atoms with van der Waals surface area (Å²) in [7, 11) is -2.72. The molecule has 0 aromatic heterocycles. The summed E-state index contributed by atoms with van der Waals surface area (Å²) in [6, 6.07) is 18.5. The number of sulfonamides is 1. The van der Waals surface area contributed by atoms with Gasteiger partial charge in [0.05, 0.1) is 24.3 Å². The number of carbonyl (C=O) groups excluding carboxylic acids is 2. The number of rotatable bonds is 14. The van der Waals surface area contributed by atoms with Crippen LogP contribution in [0.1, 0.15) is 39.7 Å². The lowest BCUT2D eigenvalue weighted by atomic mass is 10.1. The monoisotopic (exact) mass is 615 g/mol. The third kappa shape index (κ3) is 8.17. The zero-order valence-corrected chi connectivity index (χ0v) is 26.1. The summed E-state index contributed by atoms with van der Waals surface area (Å²) in [4.78, 5) is 28.7. The first-order valence-corrected chi connectivity index (χ1v) is 15.6. The molecule has 0 fully saturated rings. The van der Waals surface area contributed by atoms with Crippen LogP contribution in [0.4, 0.5) is 5.69 Å². The van der Waals surface area contributed by atoms with Gasteiger partial charge in [-0.3, -0.25) is 13.9 Å². The largest absolute Gasteiger partial charge is 0.497 e. The van der Waals surface area contributed by atoms with Crippen molar-refractivity contribution >= 4 is 39.1 Å². The van der Waals surface area contributed by atoms with Gasteiger partial charge in [-0.1, -0.05) is 42.8 Å². The number of benzene rings is 3. The van der Waals surface area contributed by atoms with Crippen molar-refractivity contribution in [3.8, 4) is 11.5 Å². The summed E-state index contributed by atoms with van der Waals surface area (Å²) < 4.78 is 40.2. The van der Waals surface area contributed by atoms with E-state index in [1.54, 1.807) is 63.4 Å². The molecule has 0 heterocycles. The van der Waals surface area contributed by atoms with Crippen molar-refractivity contribution in [1.29, 1.82) is 0 Å². The maximum Gasteiger partial charge on any atom is 0.264 e. The molecule has 0 bridgehead atoms. The minimum atomic E-state index is -4.27. The van der Waals surface area contributed by atoms with E-state index in [1.165, 1.54) is 29.2 Å². The molecule has 0 saturated carbocycles. The molecule has 0 saturated heterocycles. The number of halogens is 1. The highest BCUT2D eigenvalue weighted by Crippen LogP contribution is 2.33. The van der Waals surface area contributed by atoms with E-state index in [1.807, 2.05) is 19.9 Å². The second kappa shape index (κ2) is 14.9. The van der Waals surface area contributed by atoms with Gasteiger partial charge >= 0.3 is 0 Å². The molecule has 11 heteroatoms. The Morgan fingerprint density at radius 2 is 1.67 bits per heavy atom. The van der Waals surface area contributed by atoms with Gasteiger partial charge < -0.3 is 19.7 Å². The Morgan fingerprint density at radius 1 is 0.976 bits per heavy atom. The summed E-state index contributed by atoms with van der Waals surface area (Å²) in [5, 5.41) is 3.30. The fourth-order valence-corrected chi connectivity index (χ4v) is 5.75. The van der Waals surface area contributed by atoms with Crippen LogP contribution >= 0.6 is 11.6 Å². The lowest BCUT2D eigenvalue weighted by Gasteiger charge is -2.33. The number of amides is 2. The van der Waals surface area contributed by atoms with Crippen molar-refractivity contribution in [1.82, 2.24) is 10.2 Å². The van der Waals surface area contributed by atoms with Crippen molar-refractivity contribution < 1.29 is 27.5 Å². The van der Waals surface area contributed by atoms with Crippen LogP contribution in [0.3, 0.4) is 0 Å². The van der Waals surface area contributed by atoms with Crippen molar-refractivity contribution in [3.05, 3.63) is 83.4 Å². The van der Waals surface area contributed by atoms with Gasteiger partial charge in [0.1, 0.15) is 24.1 Å². The Labute approximate surface area is 253 Å². The highest BCUT2D eigenvalue weighted by molar-refractivity contribution is 7.92. The predicted molar refractivity (Wildman–Crippen MR) is 164 cm³/mol. The number of anilines is 1. The molecule has 3 aromatic rings. The fourth-order valence-electron chi connectivity index (χ4n) is 4.20. The number of para-hydroxylation sites is 2. The first-order valence-electron chi connectivity index (χ1n) is 13.7. The van der Waals surface area contributed by atoms with Crippen LogP contribution in [0.15, 0.2) is 77.7 Å². The molecule has 2 atom stereocenters. The molecular weight excluding hydrogens is 578 g/mol. The maximum atomic E-state index is 14.1. The number of methoxy groups -OCH3 is 1. The highest BCUT2D eigenvalue weighted by Gasteiger charge is 2.34. The first kappa shape index (κ1) is 32.8. The highest BCUT2D eigenvalue weighted by atomic mass is 35.5. The van der Waals surface area contributed by atoms with Crippen LogP contribution in [0.5, 0.6) is 11.5 Å². The van der Waals surface area contributed by atoms with E-state index < -0.39 is 28.5 Å². The molecule has 1 N–H and O–H groups in total. The smallest absolute Gasteiger partial charge is 0.264 e. The Hall–Kier alpha value is -3.76. The van der Waals surface area contributed by atoms with Gasteiger partial charge in [-0.25, -0.2) is 8.42 Å². The number of nitrogens with one attached hydrogen (secondary N) is 1. The van der Waals surface area contributed by atoms with Gasteiger partial charge in [0.2, 0.25) is 11.8 Å². The number of ether oxygens (including phenoxy) is 2. The van der Waals surface area contributed by atoms with E-state index in [0.29, 0.717) is 28.5 Å². The second-order valence-corrected chi connectivity index (χ2v) is 12.0. The SMILES string of the molecule is CCOc1ccccc1N(CC(=O)N(Cc1cccc(OC)c1)[C@H](C)C(=O)N[C@@H](C)CC)S(=O)(=O)c1ccc(Cl)cc1. The van der Waals surface area contributed by atoms with E-state index in [-0.39, 0.29) is 35.7 Å². The van der Waals surface area contributed by atoms with Gasteiger partial charge in [0.15, 0.2) is 0 Å². The summed E-state index contributed by atoms with van der Waals surface area (Å²) in [5.41, 5.74) is 0.911. The normalized spacial score (nSPS) is 12.6. The third-order valence-electron chi connectivity index (χ3n) is 6.77. The summed E-state index contributed by atoms with van der Waals surface area (Å²) in [6.07, 6.45) is 0.712. The van der Waals surface area contributed by atoms with E-state index in [9.17, 15) is 18.0 Å². The van der Waals surface area contributed by atoms with Crippen LogP contribution in [0, 0.1) is 0 Å². The molecule has 0 aliphatic heterocycles. The van der Waals surface area contributed by atoms with Gasteiger partial charge in [-0.2, -0.15) is 0 Å². The lowest BCUT2D eigenvalue weighted by molar-refractivity contribution is -0.139. The molecule has 2 amide bonds. The van der Waals surface area contributed by atoms with E-state index in [0.717, 1.165) is 4.31 Å². The topological polar surface area (TPSA) is 105 Å². The minimum Gasteiger partial charge on any atom is -0.497 e. The van der Waals surface area contributed by atoms with Crippen LogP contribution in [0.2, 0.25) is 5.02 Å². The summed E-state index contributed by atoms with van der Waals surface area (Å²) >= 11 is 6.02. The number of hydrogen-bond acceptors (Lipinski definition) is 6. The Bertz CT molecular complexity index is 1470. The zero-order valence-electron chi connectivity index (χ0n) is 24.5. The van der Waals surface area contributed by atoms with Gasteiger partial charge in [0, 0.05) is 17.6 Å². The van der Waals surface area contributed by atoms with Crippen LogP contribution < -0.4 is 19.1 Å². The van der Waals surface area contributed by atoms with Crippen molar-refractivity contribution in [2.24, 2.45) is 0 Å². The molecule has 42 heavy (non-hydrogen) atoms. The summed E-state index contributed by atoms with van der Waals surface area (Å²) in [6.45, 7) is 6.99. The van der Waals surface area contributed by atoms with Crippen LogP contribution in [0.25, 0.3) is 0 Å².